The molecular weight excluding hydrogens is 322 g/mol. The number of benzene rings is 1. The lowest BCUT2D eigenvalue weighted by Gasteiger charge is -2.21. The lowest BCUT2D eigenvalue weighted by atomic mass is 10.0. The average molecular weight is 347 g/mol. The number of nitrogens with one attached hydrogen (secondary N) is 3. The van der Waals surface area contributed by atoms with Crippen molar-refractivity contribution >= 4 is 17.7 Å². The minimum Gasteiger partial charge on any atom is -0.497 e. The zero-order valence-corrected chi connectivity index (χ0v) is 14.8. The van der Waals surface area contributed by atoms with Gasteiger partial charge in [0.2, 0.25) is 11.8 Å². The van der Waals surface area contributed by atoms with Gasteiger partial charge in [-0.3, -0.25) is 14.4 Å². The van der Waals surface area contributed by atoms with E-state index in [2.05, 4.69) is 16.0 Å². The van der Waals surface area contributed by atoms with Crippen LogP contribution in [0.25, 0.3) is 0 Å². The van der Waals surface area contributed by atoms with Gasteiger partial charge in [-0.1, -0.05) is 13.8 Å². The third-order valence-corrected chi connectivity index (χ3v) is 3.95. The van der Waals surface area contributed by atoms with Crippen LogP contribution in [0.4, 0.5) is 0 Å². The van der Waals surface area contributed by atoms with Gasteiger partial charge in [-0.15, -0.1) is 0 Å². The fraction of sp³-hybridized carbons (Fsp3) is 0.500. The fourth-order valence-electron chi connectivity index (χ4n) is 2.29. The van der Waals surface area contributed by atoms with E-state index in [1.165, 1.54) is 0 Å². The molecule has 0 saturated heterocycles. The Bertz CT molecular complexity index is 624. The predicted octanol–water partition coefficient (Wildman–Crippen LogP) is 0.844. The van der Waals surface area contributed by atoms with Crippen LogP contribution in [-0.4, -0.2) is 43.5 Å². The van der Waals surface area contributed by atoms with Crippen LogP contribution in [0.2, 0.25) is 0 Å². The zero-order chi connectivity index (χ0) is 18.4. The highest BCUT2D eigenvalue weighted by Gasteiger charge is 2.26. The van der Waals surface area contributed by atoms with E-state index in [1.807, 2.05) is 13.8 Å². The number of hydrogen-bond acceptors (Lipinski definition) is 4. The maximum Gasteiger partial charge on any atom is 0.251 e. The maximum absolute atomic E-state index is 12.3. The van der Waals surface area contributed by atoms with Crippen LogP contribution < -0.4 is 20.7 Å². The van der Waals surface area contributed by atoms with E-state index in [1.54, 1.807) is 31.4 Å². The first-order chi connectivity index (χ1) is 11.9. The lowest BCUT2D eigenvalue weighted by molar-refractivity contribution is -0.127. The number of methoxy groups -OCH3 is 1. The molecule has 2 rings (SSSR count). The van der Waals surface area contributed by atoms with Gasteiger partial charge >= 0.3 is 0 Å². The molecule has 0 heterocycles. The first-order valence-electron chi connectivity index (χ1n) is 8.42. The summed E-state index contributed by atoms with van der Waals surface area (Å²) in [6.07, 6.45) is 1.98. The van der Waals surface area contributed by atoms with Gasteiger partial charge in [0, 0.05) is 11.6 Å². The van der Waals surface area contributed by atoms with Crippen molar-refractivity contribution in [2.75, 3.05) is 13.7 Å². The molecule has 1 aliphatic carbocycles. The summed E-state index contributed by atoms with van der Waals surface area (Å²) < 4.78 is 5.06. The first kappa shape index (κ1) is 18.8. The molecule has 3 N–H and O–H groups in total. The van der Waals surface area contributed by atoms with Gasteiger partial charge in [0.25, 0.3) is 5.91 Å². The summed E-state index contributed by atoms with van der Waals surface area (Å²) in [5.41, 5.74) is 0.436. The standard InChI is InChI=1S/C18H25N3O4/c1-11(2)16(18(24)19-10-15(22)20-13-6-7-13)21-17(23)12-4-8-14(25-3)9-5-12/h4-5,8-9,11,13,16H,6-7,10H2,1-3H3,(H,19,24)(H,20,22)(H,21,23)/t16-/m0/s1. The second kappa shape index (κ2) is 8.50. The van der Waals surface area contributed by atoms with Crippen LogP contribution in [0.15, 0.2) is 24.3 Å². The Morgan fingerprint density at radius 3 is 2.32 bits per heavy atom. The van der Waals surface area contributed by atoms with Crippen LogP contribution in [0.1, 0.15) is 37.0 Å². The van der Waals surface area contributed by atoms with E-state index >= 15 is 0 Å². The molecule has 0 radical (unpaired) electrons. The molecule has 7 nitrogen and oxygen atoms in total. The second-order valence-corrected chi connectivity index (χ2v) is 6.48. The normalized spacial score (nSPS) is 14.6. The van der Waals surface area contributed by atoms with Crippen LogP contribution in [-0.2, 0) is 9.59 Å². The summed E-state index contributed by atoms with van der Waals surface area (Å²) in [6, 6.07) is 6.16. The summed E-state index contributed by atoms with van der Waals surface area (Å²) in [6.45, 7) is 3.59. The van der Waals surface area contributed by atoms with Gasteiger partial charge in [-0.05, 0) is 43.0 Å². The molecule has 1 saturated carbocycles. The molecule has 1 aromatic rings. The van der Waals surface area contributed by atoms with Gasteiger partial charge in [0.05, 0.1) is 13.7 Å². The van der Waals surface area contributed by atoms with Crippen molar-refractivity contribution in [2.45, 2.75) is 38.8 Å². The highest BCUT2D eigenvalue weighted by molar-refractivity contribution is 5.98. The molecule has 1 atom stereocenters. The number of carbonyl (C=O) groups excluding carboxylic acids is 3. The lowest BCUT2D eigenvalue weighted by Crippen LogP contribution is -2.51. The number of amides is 3. The van der Waals surface area contributed by atoms with Gasteiger partial charge < -0.3 is 20.7 Å². The quantitative estimate of drug-likeness (QED) is 0.649. The largest absolute Gasteiger partial charge is 0.497 e. The van der Waals surface area contributed by atoms with Crippen LogP contribution >= 0.6 is 0 Å². The van der Waals surface area contributed by atoms with Gasteiger partial charge in [0.1, 0.15) is 11.8 Å². The molecule has 0 bridgehead atoms. The minimum absolute atomic E-state index is 0.0863. The fourth-order valence-corrected chi connectivity index (χ4v) is 2.29. The number of rotatable bonds is 8. The number of hydrogen-bond donors (Lipinski definition) is 3. The smallest absolute Gasteiger partial charge is 0.251 e. The average Bonchev–Trinajstić information content (AvgIpc) is 3.41. The van der Waals surface area contributed by atoms with Gasteiger partial charge in [-0.25, -0.2) is 0 Å². The Labute approximate surface area is 147 Å². The molecule has 136 valence electrons. The number of carbonyl (C=O) groups is 3. The third-order valence-electron chi connectivity index (χ3n) is 3.95. The van der Waals surface area contributed by atoms with E-state index in [4.69, 9.17) is 4.74 Å². The van der Waals surface area contributed by atoms with E-state index in [0.717, 1.165) is 12.8 Å². The maximum atomic E-state index is 12.3. The Hall–Kier alpha value is -2.57. The topological polar surface area (TPSA) is 96.5 Å². The summed E-state index contributed by atoms with van der Waals surface area (Å²) in [7, 11) is 1.55. The van der Waals surface area contributed by atoms with Crippen molar-refractivity contribution in [1.82, 2.24) is 16.0 Å². The van der Waals surface area contributed by atoms with Gasteiger partial charge in [-0.2, -0.15) is 0 Å². The van der Waals surface area contributed by atoms with Crippen molar-refractivity contribution in [3.05, 3.63) is 29.8 Å². The first-order valence-corrected chi connectivity index (χ1v) is 8.42. The van der Waals surface area contributed by atoms with E-state index in [0.29, 0.717) is 11.3 Å². The summed E-state index contributed by atoms with van der Waals surface area (Å²) in [5.74, 6) is -0.397. The van der Waals surface area contributed by atoms with Crippen molar-refractivity contribution in [1.29, 1.82) is 0 Å². The third kappa shape index (κ3) is 5.77. The van der Waals surface area contributed by atoms with Crippen molar-refractivity contribution in [3.8, 4) is 5.75 Å². The van der Waals surface area contributed by atoms with Gasteiger partial charge in [0.15, 0.2) is 0 Å². The second-order valence-electron chi connectivity index (χ2n) is 6.48. The highest BCUT2D eigenvalue weighted by Crippen LogP contribution is 2.18. The molecule has 25 heavy (non-hydrogen) atoms. The summed E-state index contributed by atoms with van der Waals surface area (Å²) in [5, 5.41) is 8.11. The molecule has 7 heteroatoms. The van der Waals surface area contributed by atoms with E-state index in [9.17, 15) is 14.4 Å². The summed E-state index contributed by atoms with van der Waals surface area (Å²) in [4.78, 5) is 36.3. The predicted molar refractivity (Wildman–Crippen MR) is 93.3 cm³/mol. The summed E-state index contributed by atoms with van der Waals surface area (Å²) >= 11 is 0. The monoisotopic (exact) mass is 347 g/mol. The molecule has 0 spiro atoms. The Morgan fingerprint density at radius 1 is 1.16 bits per heavy atom. The number of ether oxygens (including phenoxy) is 1. The molecule has 0 unspecified atom stereocenters. The van der Waals surface area contributed by atoms with E-state index < -0.39 is 6.04 Å². The van der Waals surface area contributed by atoms with Crippen molar-refractivity contribution in [3.63, 3.8) is 0 Å². The molecule has 0 aliphatic heterocycles. The Morgan fingerprint density at radius 2 is 1.80 bits per heavy atom. The zero-order valence-electron chi connectivity index (χ0n) is 14.8. The minimum atomic E-state index is -0.719. The van der Waals surface area contributed by atoms with Crippen molar-refractivity contribution < 1.29 is 19.1 Å². The van der Waals surface area contributed by atoms with E-state index in [-0.39, 0.29) is 36.2 Å². The molecule has 1 aliphatic rings. The molecule has 0 aromatic heterocycles. The van der Waals surface area contributed by atoms with Crippen LogP contribution in [0.5, 0.6) is 5.75 Å². The molecule has 3 amide bonds. The molecular formula is C18H25N3O4. The molecule has 1 fully saturated rings. The van der Waals surface area contributed by atoms with Crippen LogP contribution in [0, 0.1) is 5.92 Å². The van der Waals surface area contributed by atoms with Crippen LogP contribution in [0.3, 0.4) is 0 Å². The Balaban J connectivity index is 1.90. The SMILES string of the molecule is COc1ccc(C(=O)N[C@H](C(=O)NCC(=O)NC2CC2)C(C)C)cc1. The molecule has 1 aromatic carbocycles. The van der Waals surface area contributed by atoms with Crippen molar-refractivity contribution in [2.24, 2.45) is 5.92 Å². The Kier molecular flexibility index (Phi) is 6.38. The highest BCUT2D eigenvalue weighted by atomic mass is 16.5.